The van der Waals surface area contributed by atoms with E-state index in [2.05, 4.69) is 5.32 Å². The second-order valence-corrected chi connectivity index (χ2v) is 4.93. The zero-order chi connectivity index (χ0) is 14.5. The molecule has 0 aliphatic carbocycles. The Bertz CT molecular complexity index is 410. The smallest absolute Gasteiger partial charge is 0.318 e. The van der Waals surface area contributed by atoms with E-state index in [0.717, 1.165) is 0 Å². The van der Waals surface area contributed by atoms with Gasteiger partial charge in [-0.1, -0.05) is 35.3 Å². The van der Waals surface area contributed by atoms with Crippen LogP contribution in [0.5, 0.6) is 0 Å². The highest BCUT2D eigenvalue weighted by molar-refractivity contribution is 6.42. The average Bonchev–Trinajstić information content (AvgIpc) is 2.30. The van der Waals surface area contributed by atoms with E-state index in [-0.39, 0.29) is 13.1 Å². The first-order valence-corrected chi connectivity index (χ1v) is 6.45. The molecule has 0 saturated heterocycles. The molecule has 0 aromatic heterocycles. The van der Waals surface area contributed by atoms with Crippen molar-refractivity contribution in [3.05, 3.63) is 33.8 Å². The Morgan fingerprint density at radius 3 is 2.53 bits per heavy atom. The van der Waals surface area contributed by atoms with Crippen molar-refractivity contribution in [1.29, 1.82) is 0 Å². The van der Waals surface area contributed by atoms with E-state index in [1.807, 2.05) is 0 Å². The van der Waals surface area contributed by atoms with Crippen molar-refractivity contribution in [2.45, 2.75) is 12.7 Å². The molecule has 108 valence electrons. The zero-order valence-electron chi connectivity index (χ0n) is 10.4. The third-order valence-corrected chi connectivity index (χ3v) is 3.36. The SMILES string of the molecule is CNCCN(Cc1cccc(Cl)c1Cl)CC(F)(F)F. The molecular weight excluding hydrogens is 300 g/mol. The second kappa shape index (κ2) is 7.33. The summed E-state index contributed by atoms with van der Waals surface area (Å²) < 4.78 is 37.5. The molecule has 1 N–H and O–H groups in total. The maximum absolute atomic E-state index is 12.5. The highest BCUT2D eigenvalue weighted by Crippen LogP contribution is 2.27. The lowest BCUT2D eigenvalue weighted by Crippen LogP contribution is -2.37. The molecule has 0 amide bonds. The van der Waals surface area contributed by atoms with E-state index in [9.17, 15) is 13.2 Å². The summed E-state index contributed by atoms with van der Waals surface area (Å²) in [5.74, 6) is 0. The van der Waals surface area contributed by atoms with Crippen LogP contribution in [0.1, 0.15) is 5.56 Å². The number of hydrogen-bond acceptors (Lipinski definition) is 2. The maximum atomic E-state index is 12.5. The van der Waals surface area contributed by atoms with Gasteiger partial charge in [-0.05, 0) is 18.7 Å². The molecular formula is C12H15Cl2F3N2. The van der Waals surface area contributed by atoms with Crippen LogP contribution in [-0.2, 0) is 6.54 Å². The van der Waals surface area contributed by atoms with Gasteiger partial charge in [-0.15, -0.1) is 0 Å². The van der Waals surface area contributed by atoms with Crippen molar-refractivity contribution in [2.24, 2.45) is 0 Å². The molecule has 0 heterocycles. The van der Waals surface area contributed by atoms with Crippen LogP contribution in [0.25, 0.3) is 0 Å². The molecule has 0 spiro atoms. The van der Waals surface area contributed by atoms with Crippen LogP contribution in [0.2, 0.25) is 10.0 Å². The topological polar surface area (TPSA) is 15.3 Å². The van der Waals surface area contributed by atoms with Gasteiger partial charge in [0.2, 0.25) is 0 Å². The fourth-order valence-corrected chi connectivity index (χ4v) is 2.03. The quantitative estimate of drug-likeness (QED) is 0.863. The average molecular weight is 315 g/mol. The van der Waals surface area contributed by atoms with Crippen LogP contribution in [0.4, 0.5) is 13.2 Å². The maximum Gasteiger partial charge on any atom is 0.401 e. The van der Waals surface area contributed by atoms with Crippen molar-refractivity contribution in [3.8, 4) is 0 Å². The van der Waals surface area contributed by atoms with Crippen molar-refractivity contribution in [2.75, 3.05) is 26.7 Å². The standard InChI is InChI=1S/C12H15Cl2F3N2/c1-18-5-6-19(8-12(15,16)17)7-9-3-2-4-10(13)11(9)14/h2-4,18H,5-8H2,1H3. The summed E-state index contributed by atoms with van der Waals surface area (Å²) in [5.41, 5.74) is 0.592. The fourth-order valence-electron chi connectivity index (χ4n) is 1.65. The van der Waals surface area contributed by atoms with Crippen LogP contribution in [-0.4, -0.2) is 37.8 Å². The van der Waals surface area contributed by atoms with Crippen LogP contribution in [0, 0.1) is 0 Å². The molecule has 0 aliphatic heterocycles. The molecule has 1 aromatic carbocycles. The number of rotatable bonds is 6. The lowest BCUT2D eigenvalue weighted by atomic mass is 10.2. The Balaban J connectivity index is 2.78. The largest absolute Gasteiger partial charge is 0.401 e. The van der Waals surface area contributed by atoms with Gasteiger partial charge in [0.25, 0.3) is 0 Å². The first-order chi connectivity index (χ1) is 8.83. The molecule has 0 fully saturated rings. The van der Waals surface area contributed by atoms with Crippen LogP contribution < -0.4 is 5.32 Å². The van der Waals surface area contributed by atoms with Gasteiger partial charge in [-0.25, -0.2) is 0 Å². The monoisotopic (exact) mass is 314 g/mol. The summed E-state index contributed by atoms with van der Waals surface area (Å²) in [7, 11) is 1.69. The summed E-state index contributed by atoms with van der Waals surface area (Å²) >= 11 is 11.8. The summed E-state index contributed by atoms with van der Waals surface area (Å²) in [4.78, 5) is 1.29. The van der Waals surface area contributed by atoms with Gasteiger partial charge in [0.15, 0.2) is 0 Å². The summed E-state index contributed by atoms with van der Waals surface area (Å²) in [6.07, 6.45) is -4.24. The molecule has 0 bridgehead atoms. The van der Waals surface area contributed by atoms with E-state index in [1.54, 1.807) is 25.2 Å². The van der Waals surface area contributed by atoms with E-state index in [0.29, 0.717) is 22.2 Å². The highest BCUT2D eigenvalue weighted by atomic mass is 35.5. The number of halogens is 5. The highest BCUT2D eigenvalue weighted by Gasteiger charge is 2.30. The predicted octanol–water partition coefficient (Wildman–Crippen LogP) is 3.58. The van der Waals surface area contributed by atoms with E-state index in [1.165, 1.54) is 4.90 Å². The Labute approximate surface area is 120 Å². The first-order valence-electron chi connectivity index (χ1n) is 5.70. The molecule has 2 nitrogen and oxygen atoms in total. The number of hydrogen-bond donors (Lipinski definition) is 1. The summed E-state index contributed by atoms with van der Waals surface area (Å²) in [6.45, 7) is -0.120. The fraction of sp³-hybridized carbons (Fsp3) is 0.500. The molecule has 0 saturated carbocycles. The molecule has 7 heteroatoms. The van der Waals surface area contributed by atoms with Gasteiger partial charge in [-0.2, -0.15) is 13.2 Å². The molecule has 0 unspecified atom stereocenters. The normalized spacial score (nSPS) is 12.2. The molecule has 0 radical (unpaired) electrons. The zero-order valence-corrected chi connectivity index (χ0v) is 11.9. The van der Waals surface area contributed by atoms with Crippen LogP contribution in [0.3, 0.4) is 0 Å². The molecule has 0 aliphatic rings. The number of alkyl halides is 3. The van der Waals surface area contributed by atoms with E-state index < -0.39 is 12.7 Å². The second-order valence-electron chi connectivity index (χ2n) is 4.14. The third kappa shape index (κ3) is 5.99. The van der Waals surface area contributed by atoms with Gasteiger partial charge in [0.1, 0.15) is 0 Å². The molecule has 1 aromatic rings. The van der Waals surface area contributed by atoms with Crippen molar-refractivity contribution < 1.29 is 13.2 Å². The minimum absolute atomic E-state index is 0.112. The van der Waals surface area contributed by atoms with Gasteiger partial charge >= 0.3 is 6.18 Å². The minimum atomic E-state index is -4.24. The Kier molecular flexibility index (Phi) is 6.39. The number of likely N-dealkylation sites (N-methyl/N-ethyl adjacent to an activating group) is 1. The number of nitrogens with one attached hydrogen (secondary N) is 1. The van der Waals surface area contributed by atoms with Gasteiger partial charge in [-0.3, -0.25) is 4.90 Å². The minimum Gasteiger partial charge on any atom is -0.318 e. The van der Waals surface area contributed by atoms with Crippen LogP contribution in [0.15, 0.2) is 18.2 Å². The van der Waals surface area contributed by atoms with E-state index in [4.69, 9.17) is 23.2 Å². The Morgan fingerprint density at radius 2 is 1.95 bits per heavy atom. The van der Waals surface area contributed by atoms with Crippen LogP contribution >= 0.6 is 23.2 Å². The van der Waals surface area contributed by atoms with Crippen molar-refractivity contribution in [3.63, 3.8) is 0 Å². The predicted molar refractivity (Wildman–Crippen MR) is 71.7 cm³/mol. The number of benzene rings is 1. The molecule has 0 atom stereocenters. The van der Waals surface area contributed by atoms with Crippen molar-refractivity contribution >= 4 is 23.2 Å². The summed E-state index contributed by atoms with van der Waals surface area (Å²) in [6, 6.07) is 4.96. The van der Waals surface area contributed by atoms with Gasteiger partial charge < -0.3 is 5.32 Å². The Morgan fingerprint density at radius 1 is 1.26 bits per heavy atom. The van der Waals surface area contributed by atoms with Gasteiger partial charge in [0.05, 0.1) is 16.6 Å². The Hall–Kier alpha value is -0.490. The molecule has 1 rings (SSSR count). The lowest BCUT2D eigenvalue weighted by Gasteiger charge is -2.24. The third-order valence-electron chi connectivity index (χ3n) is 2.51. The van der Waals surface area contributed by atoms with Gasteiger partial charge in [0, 0.05) is 19.6 Å². The number of nitrogens with zero attached hydrogens (tertiary/aromatic N) is 1. The molecule has 19 heavy (non-hydrogen) atoms. The first kappa shape index (κ1) is 16.6. The van der Waals surface area contributed by atoms with Crippen molar-refractivity contribution in [1.82, 2.24) is 10.2 Å². The summed E-state index contributed by atoms with van der Waals surface area (Å²) in [5, 5.41) is 3.48. The van der Waals surface area contributed by atoms with E-state index >= 15 is 0 Å². The lowest BCUT2D eigenvalue weighted by molar-refractivity contribution is -0.146.